The van der Waals surface area contributed by atoms with E-state index in [1.807, 2.05) is 19.2 Å². The smallest absolute Gasteiger partial charge is 0.352 e. The van der Waals surface area contributed by atoms with Gasteiger partial charge in [0.1, 0.15) is 5.70 Å². The lowest BCUT2D eigenvalue weighted by atomic mass is 10.1. The molecule has 0 fully saturated rings. The molecule has 3 N–H and O–H groups in total. The molecule has 6 heteroatoms. The van der Waals surface area contributed by atoms with Crippen molar-refractivity contribution in [3.8, 4) is 0 Å². The standard InChI is InChI=1S/C15H19NO4S/c1-3-4-8-12(14(17)18)13(15(19)20)16-10-6-5-7-11(9-10)21-2/h5-7,9,16H,3-4,8H2,1-2H3,(H,17,18)(H,19,20). The number of nitrogens with one attached hydrogen (secondary N) is 1. The molecule has 0 aliphatic carbocycles. The molecule has 21 heavy (non-hydrogen) atoms. The van der Waals surface area contributed by atoms with Crippen LogP contribution in [0.2, 0.25) is 0 Å². The Balaban J connectivity index is 3.14. The van der Waals surface area contributed by atoms with Gasteiger partial charge in [0.15, 0.2) is 0 Å². The molecule has 0 aliphatic rings. The molecule has 1 rings (SSSR count). The van der Waals surface area contributed by atoms with Gasteiger partial charge in [0.05, 0.1) is 5.57 Å². The SMILES string of the molecule is CCCCC(C(=O)O)=C(Nc1cccc(SC)c1)C(=O)O. The van der Waals surface area contributed by atoms with Crippen LogP contribution in [0.15, 0.2) is 40.4 Å². The van der Waals surface area contributed by atoms with E-state index in [0.717, 1.165) is 11.3 Å². The Kier molecular flexibility index (Phi) is 6.81. The third kappa shape index (κ3) is 5.15. The highest BCUT2D eigenvalue weighted by molar-refractivity contribution is 7.98. The van der Waals surface area contributed by atoms with E-state index in [-0.39, 0.29) is 17.7 Å². The van der Waals surface area contributed by atoms with Gasteiger partial charge in [0.25, 0.3) is 0 Å². The Morgan fingerprint density at radius 3 is 2.48 bits per heavy atom. The molecule has 0 bridgehead atoms. The Morgan fingerprint density at radius 2 is 1.95 bits per heavy atom. The minimum Gasteiger partial charge on any atom is -0.478 e. The van der Waals surface area contributed by atoms with Gasteiger partial charge >= 0.3 is 11.9 Å². The van der Waals surface area contributed by atoms with Gasteiger partial charge in [-0.25, -0.2) is 9.59 Å². The Hall–Kier alpha value is -1.95. The molecule has 1 aromatic carbocycles. The van der Waals surface area contributed by atoms with Crippen molar-refractivity contribution in [1.29, 1.82) is 0 Å². The normalized spacial score (nSPS) is 11.7. The summed E-state index contributed by atoms with van der Waals surface area (Å²) in [5, 5.41) is 21.3. The van der Waals surface area contributed by atoms with Gasteiger partial charge in [0.2, 0.25) is 0 Å². The summed E-state index contributed by atoms with van der Waals surface area (Å²) in [5.74, 6) is -2.47. The number of unbranched alkanes of at least 4 members (excludes halogenated alkanes) is 1. The van der Waals surface area contributed by atoms with Gasteiger partial charge in [-0.2, -0.15) is 0 Å². The molecule has 1 aromatic rings. The van der Waals surface area contributed by atoms with Gasteiger partial charge < -0.3 is 15.5 Å². The molecule has 0 aliphatic heterocycles. The molecule has 0 aromatic heterocycles. The number of aliphatic carboxylic acids is 2. The number of anilines is 1. The Bertz CT molecular complexity index is 554. The third-order valence-corrected chi connectivity index (χ3v) is 3.62. The molecule has 0 atom stereocenters. The molecule has 0 spiro atoms. The third-order valence-electron chi connectivity index (χ3n) is 2.89. The van der Waals surface area contributed by atoms with Crippen molar-refractivity contribution in [2.24, 2.45) is 0 Å². The number of hydrogen-bond acceptors (Lipinski definition) is 4. The fourth-order valence-corrected chi connectivity index (χ4v) is 2.26. The summed E-state index contributed by atoms with van der Waals surface area (Å²) in [6.45, 7) is 1.93. The lowest BCUT2D eigenvalue weighted by Crippen LogP contribution is -2.18. The van der Waals surface area contributed by atoms with E-state index in [0.29, 0.717) is 12.1 Å². The van der Waals surface area contributed by atoms with Crippen LogP contribution in [0.5, 0.6) is 0 Å². The minimum atomic E-state index is -1.27. The van der Waals surface area contributed by atoms with Crippen LogP contribution in [0.25, 0.3) is 0 Å². The quantitative estimate of drug-likeness (QED) is 0.504. The number of carboxylic acids is 2. The first-order valence-electron chi connectivity index (χ1n) is 6.60. The van der Waals surface area contributed by atoms with Gasteiger partial charge in [-0.05, 0) is 37.3 Å². The predicted octanol–water partition coefficient (Wildman–Crippen LogP) is 3.43. The van der Waals surface area contributed by atoms with Gasteiger partial charge in [0, 0.05) is 10.6 Å². The van der Waals surface area contributed by atoms with E-state index < -0.39 is 11.9 Å². The summed E-state index contributed by atoms with van der Waals surface area (Å²) in [5.41, 5.74) is 0.197. The molecule has 114 valence electrons. The fraction of sp³-hybridized carbons (Fsp3) is 0.333. The highest BCUT2D eigenvalue weighted by atomic mass is 32.2. The molecule has 0 saturated heterocycles. The second kappa shape index (κ2) is 8.36. The summed E-state index contributed by atoms with van der Waals surface area (Å²) < 4.78 is 0. The van der Waals surface area contributed by atoms with Crippen LogP contribution in [-0.2, 0) is 9.59 Å². The lowest BCUT2D eigenvalue weighted by molar-refractivity contribution is -0.136. The molecule has 0 saturated carbocycles. The predicted molar refractivity (Wildman–Crippen MR) is 83.7 cm³/mol. The maximum absolute atomic E-state index is 11.4. The number of carboxylic acid groups (broad SMARTS) is 2. The molecule has 0 amide bonds. The maximum atomic E-state index is 11.4. The van der Waals surface area contributed by atoms with E-state index in [1.165, 1.54) is 11.8 Å². The van der Waals surface area contributed by atoms with Crippen molar-refractivity contribution < 1.29 is 19.8 Å². The number of thioether (sulfide) groups is 1. The largest absolute Gasteiger partial charge is 0.478 e. The summed E-state index contributed by atoms with van der Waals surface area (Å²) in [7, 11) is 0. The van der Waals surface area contributed by atoms with Crippen LogP contribution in [-0.4, -0.2) is 28.4 Å². The molecule has 0 unspecified atom stereocenters. The first-order chi connectivity index (χ1) is 9.99. The van der Waals surface area contributed by atoms with Crippen molar-refractivity contribution in [2.75, 3.05) is 11.6 Å². The van der Waals surface area contributed by atoms with Crippen LogP contribution < -0.4 is 5.32 Å². The summed E-state index contributed by atoms with van der Waals surface area (Å²) in [4.78, 5) is 23.6. The Labute approximate surface area is 128 Å². The molecule has 5 nitrogen and oxygen atoms in total. The van der Waals surface area contributed by atoms with Crippen LogP contribution >= 0.6 is 11.8 Å². The average Bonchev–Trinajstić information content (AvgIpc) is 2.46. The van der Waals surface area contributed by atoms with E-state index in [2.05, 4.69) is 5.32 Å². The topological polar surface area (TPSA) is 86.6 Å². The van der Waals surface area contributed by atoms with E-state index in [4.69, 9.17) is 0 Å². The first kappa shape index (κ1) is 17.1. The summed E-state index contributed by atoms with van der Waals surface area (Å²) in [6, 6.07) is 7.18. The lowest BCUT2D eigenvalue weighted by Gasteiger charge is -2.12. The van der Waals surface area contributed by atoms with Crippen molar-refractivity contribution in [2.45, 2.75) is 31.1 Å². The zero-order valence-corrected chi connectivity index (χ0v) is 12.9. The minimum absolute atomic E-state index is 0.0982. The van der Waals surface area contributed by atoms with Crippen LogP contribution in [0.3, 0.4) is 0 Å². The second-order valence-corrected chi connectivity index (χ2v) is 5.30. The van der Waals surface area contributed by atoms with E-state index >= 15 is 0 Å². The van der Waals surface area contributed by atoms with Gasteiger partial charge in [-0.1, -0.05) is 19.4 Å². The van der Waals surface area contributed by atoms with Gasteiger partial charge in [-0.15, -0.1) is 11.8 Å². The van der Waals surface area contributed by atoms with Crippen LogP contribution in [0.1, 0.15) is 26.2 Å². The average molecular weight is 309 g/mol. The fourth-order valence-electron chi connectivity index (χ4n) is 1.80. The monoisotopic (exact) mass is 309 g/mol. The van der Waals surface area contributed by atoms with E-state index in [1.54, 1.807) is 18.2 Å². The zero-order valence-electron chi connectivity index (χ0n) is 12.0. The first-order valence-corrected chi connectivity index (χ1v) is 7.82. The number of carbonyl (C=O) groups is 2. The summed E-state index contributed by atoms with van der Waals surface area (Å²) >= 11 is 1.53. The molecular weight excluding hydrogens is 290 g/mol. The van der Waals surface area contributed by atoms with Crippen molar-refractivity contribution >= 4 is 29.4 Å². The van der Waals surface area contributed by atoms with Crippen molar-refractivity contribution in [1.82, 2.24) is 0 Å². The molecule has 0 radical (unpaired) electrons. The number of benzene rings is 1. The van der Waals surface area contributed by atoms with Crippen molar-refractivity contribution in [3.05, 3.63) is 35.5 Å². The van der Waals surface area contributed by atoms with Crippen molar-refractivity contribution in [3.63, 3.8) is 0 Å². The van der Waals surface area contributed by atoms with Gasteiger partial charge in [-0.3, -0.25) is 0 Å². The van der Waals surface area contributed by atoms with Crippen LogP contribution in [0, 0.1) is 0 Å². The number of rotatable bonds is 8. The maximum Gasteiger partial charge on any atom is 0.352 e. The highest BCUT2D eigenvalue weighted by Gasteiger charge is 2.20. The second-order valence-electron chi connectivity index (χ2n) is 4.42. The number of hydrogen-bond donors (Lipinski definition) is 3. The molecular formula is C15H19NO4S. The highest BCUT2D eigenvalue weighted by Crippen LogP contribution is 2.22. The molecule has 0 heterocycles. The van der Waals surface area contributed by atoms with E-state index in [9.17, 15) is 19.8 Å². The summed E-state index contributed by atoms with van der Waals surface area (Å²) in [6.07, 6.45) is 3.57. The zero-order chi connectivity index (χ0) is 15.8. The Morgan fingerprint density at radius 1 is 1.24 bits per heavy atom. The van der Waals surface area contributed by atoms with Crippen LogP contribution in [0.4, 0.5) is 5.69 Å².